The van der Waals surface area contributed by atoms with Crippen LogP contribution in [-0.4, -0.2) is 10.5 Å². The fourth-order valence-electron chi connectivity index (χ4n) is 2.41. The van der Waals surface area contributed by atoms with Crippen LogP contribution in [0.15, 0.2) is 23.8 Å². The largest absolute Gasteiger partial charge is 0.350 e. The Bertz CT molecular complexity index is 449. The zero-order valence-corrected chi connectivity index (χ0v) is 11.3. The summed E-state index contributed by atoms with van der Waals surface area (Å²) in [5.41, 5.74) is 3.66. The number of carbonyl (C=O) groups is 1. The van der Waals surface area contributed by atoms with Crippen molar-refractivity contribution in [3.8, 4) is 0 Å². The number of carbonyl (C=O) groups excluding carboxylic acids is 1. The molecular weight excluding hydrogens is 224 g/mol. The van der Waals surface area contributed by atoms with E-state index in [4.69, 9.17) is 0 Å². The maximum Gasteiger partial charge on any atom is 0.244 e. The lowest BCUT2D eigenvalue weighted by atomic mass is 9.95. The van der Waals surface area contributed by atoms with E-state index in [0.29, 0.717) is 6.54 Å². The molecule has 0 aromatic carbocycles. The Morgan fingerprint density at radius 2 is 2.06 bits per heavy atom. The highest BCUT2D eigenvalue weighted by atomic mass is 16.1. The van der Waals surface area contributed by atoms with E-state index >= 15 is 0 Å². The number of hydrogen-bond donors (Lipinski definition) is 1. The first-order valence-corrected chi connectivity index (χ1v) is 6.75. The number of nitrogens with zero attached hydrogens (tertiary/aromatic N) is 1. The van der Waals surface area contributed by atoms with Crippen molar-refractivity contribution in [3.05, 3.63) is 35.2 Å². The van der Waals surface area contributed by atoms with Gasteiger partial charge in [-0.3, -0.25) is 4.79 Å². The van der Waals surface area contributed by atoms with Crippen LogP contribution in [0.5, 0.6) is 0 Å². The van der Waals surface area contributed by atoms with Crippen molar-refractivity contribution in [2.45, 2.75) is 45.6 Å². The first kappa shape index (κ1) is 12.9. The third kappa shape index (κ3) is 3.25. The molecule has 0 radical (unpaired) electrons. The number of rotatable bonds is 3. The second-order valence-corrected chi connectivity index (χ2v) is 5.11. The minimum atomic E-state index is 0.0470. The van der Waals surface area contributed by atoms with Crippen LogP contribution < -0.4 is 5.32 Å². The zero-order chi connectivity index (χ0) is 13.0. The number of hydrogen-bond acceptors (Lipinski definition) is 1. The van der Waals surface area contributed by atoms with Crippen molar-refractivity contribution in [2.75, 3.05) is 0 Å². The number of aromatic nitrogens is 1. The summed E-state index contributed by atoms with van der Waals surface area (Å²) in [7, 11) is 2.02. The summed E-state index contributed by atoms with van der Waals surface area (Å²) >= 11 is 0. The molecule has 98 valence electrons. The number of nitrogens with one attached hydrogen (secondary N) is 1. The van der Waals surface area contributed by atoms with Gasteiger partial charge in [-0.1, -0.05) is 12.0 Å². The Morgan fingerprint density at radius 3 is 2.67 bits per heavy atom. The van der Waals surface area contributed by atoms with Gasteiger partial charge >= 0.3 is 0 Å². The summed E-state index contributed by atoms with van der Waals surface area (Å²) in [6.45, 7) is 2.67. The molecule has 1 aromatic rings. The molecule has 0 atom stereocenters. The molecule has 0 spiro atoms. The van der Waals surface area contributed by atoms with Gasteiger partial charge in [-0.15, -0.1) is 0 Å². The topological polar surface area (TPSA) is 34.0 Å². The molecule has 1 heterocycles. The Kier molecular flexibility index (Phi) is 4.24. The van der Waals surface area contributed by atoms with Crippen molar-refractivity contribution < 1.29 is 4.79 Å². The van der Waals surface area contributed by atoms with Gasteiger partial charge in [0.25, 0.3) is 0 Å². The predicted molar refractivity (Wildman–Crippen MR) is 73.2 cm³/mol. The summed E-state index contributed by atoms with van der Waals surface area (Å²) in [5, 5.41) is 2.96. The SMILES string of the molecule is Cc1ccc(CNC(=O)C=C2CCCCC2)n1C. The van der Waals surface area contributed by atoms with Gasteiger partial charge in [0.1, 0.15) is 0 Å². The molecule has 1 fully saturated rings. The van der Waals surface area contributed by atoms with E-state index in [-0.39, 0.29) is 5.91 Å². The van der Waals surface area contributed by atoms with Gasteiger partial charge in [0.15, 0.2) is 0 Å². The average molecular weight is 246 g/mol. The highest BCUT2D eigenvalue weighted by Crippen LogP contribution is 2.22. The molecule has 3 heteroatoms. The van der Waals surface area contributed by atoms with Gasteiger partial charge in [-0.2, -0.15) is 0 Å². The number of amides is 1. The average Bonchev–Trinajstić information content (AvgIpc) is 2.69. The van der Waals surface area contributed by atoms with Gasteiger partial charge in [-0.25, -0.2) is 0 Å². The minimum Gasteiger partial charge on any atom is -0.350 e. The highest BCUT2D eigenvalue weighted by Gasteiger charge is 2.08. The van der Waals surface area contributed by atoms with Gasteiger partial charge in [-0.05, 0) is 44.7 Å². The van der Waals surface area contributed by atoms with Crippen LogP contribution in [0.2, 0.25) is 0 Å². The molecule has 1 aliphatic carbocycles. The van der Waals surface area contributed by atoms with Crippen LogP contribution in [0, 0.1) is 6.92 Å². The summed E-state index contributed by atoms with van der Waals surface area (Å²) in [6.07, 6.45) is 7.76. The maximum atomic E-state index is 11.8. The van der Waals surface area contributed by atoms with E-state index in [2.05, 4.69) is 28.9 Å². The van der Waals surface area contributed by atoms with Gasteiger partial charge in [0.2, 0.25) is 5.91 Å². The van der Waals surface area contributed by atoms with Gasteiger partial charge in [0.05, 0.1) is 6.54 Å². The van der Waals surface area contributed by atoms with E-state index < -0.39 is 0 Å². The second kappa shape index (κ2) is 5.89. The number of aryl methyl sites for hydroxylation is 1. The molecule has 1 aromatic heterocycles. The second-order valence-electron chi connectivity index (χ2n) is 5.11. The summed E-state index contributed by atoms with van der Waals surface area (Å²) < 4.78 is 2.11. The van der Waals surface area contributed by atoms with Crippen LogP contribution in [0.4, 0.5) is 0 Å². The molecule has 1 saturated carbocycles. The van der Waals surface area contributed by atoms with E-state index in [1.807, 2.05) is 7.05 Å². The molecule has 0 saturated heterocycles. The molecule has 0 bridgehead atoms. The third-order valence-corrected chi connectivity index (χ3v) is 3.75. The van der Waals surface area contributed by atoms with Crippen molar-refractivity contribution >= 4 is 5.91 Å². The standard InChI is InChI=1S/C15H22N2O/c1-12-8-9-14(17(12)2)11-16-15(18)10-13-6-4-3-5-7-13/h8-10H,3-7,11H2,1-2H3,(H,16,18). The van der Waals surface area contributed by atoms with Crippen molar-refractivity contribution in [1.29, 1.82) is 0 Å². The monoisotopic (exact) mass is 246 g/mol. The smallest absolute Gasteiger partial charge is 0.244 e. The van der Waals surface area contributed by atoms with Crippen LogP contribution >= 0.6 is 0 Å². The van der Waals surface area contributed by atoms with Crippen molar-refractivity contribution in [3.63, 3.8) is 0 Å². The zero-order valence-electron chi connectivity index (χ0n) is 11.3. The lowest BCUT2D eigenvalue weighted by molar-refractivity contribution is -0.116. The fraction of sp³-hybridized carbons (Fsp3) is 0.533. The van der Waals surface area contributed by atoms with Crippen LogP contribution in [0.3, 0.4) is 0 Å². The minimum absolute atomic E-state index is 0.0470. The maximum absolute atomic E-state index is 11.8. The van der Waals surface area contributed by atoms with Gasteiger partial charge in [0, 0.05) is 24.5 Å². The van der Waals surface area contributed by atoms with Gasteiger partial charge < -0.3 is 9.88 Å². The Hall–Kier alpha value is -1.51. The lowest BCUT2D eigenvalue weighted by Crippen LogP contribution is -2.22. The molecular formula is C15H22N2O. The first-order chi connectivity index (χ1) is 8.66. The summed E-state index contributed by atoms with van der Waals surface area (Å²) in [5.74, 6) is 0.0470. The Labute approximate surface area is 109 Å². The first-order valence-electron chi connectivity index (χ1n) is 6.75. The fourth-order valence-corrected chi connectivity index (χ4v) is 2.41. The van der Waals surface area contributed by atoms with E-state index in [1.165, 1.54) is 30.5 Å². The molecule has 0 aliphatic heterocycles. The van der Waals surface area contributed by atoms with E-state index in [1.54, 1.807) is 6.08 Å². The molecule has 1 N–H and O–H groups in total. The predicted octanol–water partition coefficient (Wildman–Crippen LogP) is 2.84. The molecule has 18 heavy (non-hydrogen) atoms. The van der Waals surface area contributed by atoms with Crippen LogP contribution in [0.1, 0.15) is 43.5 Å². The summed E-state index contributed by atoms with van der Waals surface area (Å²) in [6, 6.07) is 4.13. The molecule has 3 nitrogen and oxygen atoms in total. The van der Waals surface area contributed by atoms with Crippen LogP contribution in [-0.2, 0) is 18.4 Å². The van der Waals surface area contributed by atoms with Crippen molar-refractivity contribution in [1.82, 2.24) is 9.88 Å². The van der Waals surface area contributed by atoms with Crippen LogP contribution in [0.25, 0.3) is 0 Å². The van der Waals surface area contributed by atoms with Crippen molar-refractivity contribution in [2.24, 2.45) is 7.05 Å². The third-order valence-electron chi connectivity index (χ3n) is 3.75. The lowest BCUT2D eigenvalue weighted by Gasteiger charge is -2.13. The normalized spacial score (nSPS) is 15.6. The quantitative estimate of drug-likeness (QED) is 0.818. The molecule has 0 unspecified atom stereocenters. The number of allylic oxidation sites excluding steroid dienone is 1. The highest BCUT2D eigenvalue weighted by molar-refractivity contribution is 5.88. The molecule has 1 amide bonds. The molecule has 1 aliphatic rings. The summed E-state index contributed by atoms with van der Waals surface area (Å²) in [4.78, 5) is 11.8. The molecule has 2 rings (SSSR count). The Balaban J connectivity index is 1.86. The van der Waals surface area contributed by atoms with E-state index in [9.17, 15) is 4.79 Å². The van der Waals surface area contributed by atoms with E-state index in [0.717, 1.165) is 18.5 Å². The Morgan fingerprint density at radius 1 is 1.33 bits per heavy atom.